The molecule has 31 heavy (non-hydrogen) atoms. The summed E-state index contributed by atoms with van der Waals surface area (Å²) < 4.78 is 6.17. The topological polar surface area (TPSA) is 47.3 Å². The average Bonchev–Trinajstić information content (AvgIpc) is 3.07. The van der Waals surface area contributed by atoms with E-state index in [9.17, 15) is 9.59 Å². The largest absolute Gasteiger partial charge is 0.464 e. The zero-order valence-corrected chi connectivity index (χ0v) is 19.2. The lowest BCUT2D eigenvalue weighted by Gasteiger charge is -2.30. The summed E-state index contributed by atoms with van der Waals surface area (Å²) in [6.07, 6.45) is 1.99. The first-order chi connectivity index (χ1) is 15.0. The minimum atomic E-state index is -0.509. The highest BCUT2D eigenvalue weighted by molar-refractivity contribution is 9.10. The molecule has 0 aliphatic carbocycles. The Morgan fingerprint density at radius 2 is 1.74 bits per heavy atom. The molecule has 0 bridgehead atoms. The highest BCUT2D eigenvalue weighted by Gasteiger charge is 2.48. The van der Waals surface area contributed by atoms with Crippen LogP contribution in [-0.4, -0.2) is 10.5 Å². The summed E-state index contributed by atoms with van der Waals surface area (Å²) in [6, 6.07) is 22.8. The molecule has 0 saturated carbocycles. The van der Waals surface area contributed by atoms with E-state index in [1.807, 2.05) is 54.6 Å². The van der Waals surface area contributed by atoms with Crippen molar-refractivity contribution in [2.24, 2.45) is 0 Å². The molecule has 1 aromatic heterocycles. The first kappa shape index (κ1) is 20.3. The zero-order valence-electron chi connectivity index (χ0n) is 16.8. The number of para-hydroxylation sites is 1. The third-order valence-electron chi connectivity index (χ3n) is 5.87. The van der Waals surface area contributed by atoms with Gasteiger partial charge in [0.2, 0.25) is 0 Å². The summed E-state index contributed by atoms with van der Waals surface area (Å²) in [7, 11) is 0. The molecule has 1 aliphatic rings. The van der Waals surface area contributed by atoms with Gasteiger partial charge in [-0.05, 0) is 49.2 Å². The van der Waals surface area contributed by atoms with Crippen molar-refractivity contribution in [1.82, 2.24) is 0 Å². The molecule has 5 rings (SSSR count). The van der Waals surface area contributed by atoms with Crippen LogP contribution >= 0.6 is 27.7 Å². The van der Waals surface area contributed by atoms with Crippen LogP contribution in [0.4, 0.5) is 0 Å². The minimum Gasteiger partial charge on any atom is -0.464 e. The van der Waals surface area contributed by atoms with Crippen LogP contribution in [0, 0.1) is 0 Å². The second kappa shape index (κ2) is 7.81. The molecule has 154 valence electrons. The first-order valence-electron chi connectivity index (χ1n) is 10.0. The van der Waals surface area contributed by atoms with Crippen molar-refractivity contribution in [2.75, 3.05) is 0 Å². The number of thioether (sulfide) groups is 1. The molecule has 0 fully saturated rings. The number of ketones is 1. The van der Waals surface area contributed by atoms with Crippen LogP contribution in [0.25, 0.3) is 11.0 Å². The third-order valence-corrected chi connectivity index (χ3v) is 7.83. The molecular weight excluding hydrogens is 472 g/mol. The summed E-state index contributed by atoms with van der Waals surface area (Å²) in [5, 5.41) is 0.569. The van der Waals surface area contributed by atoms with Gasteiger partial charge >= 0.3 is 0 Å². The van der Waals surface area contributed by atoms with Crippen molar-refractivity contribution in [2.45, 2.75) is 28.9 Å². The van der Waals surface area contributed by atoms with Crippen molar-refractivity contribution in [3.8, 4) is 0 Å². The van der Waals surface area contributed by atoms with E-state index in [0.717, 1.165) is 14.9 Å². The van der Waals surface area contributed by atoms with Gasteiger partial charge in [-0.15, -0.1) is 11.8 Å². The smallest absolute Gasteiger partial charge is 0.195 e. The van der Waals surface area contributed by atoms with Crippen molar-refractivity contribution >= 4 is 44.4 Å². The zero-order chi connectivity index (χ0) is 21.6. The maximum absolute atomic E-state index is 13.7. The minimum absolute atomic E-state index is 0.0329. The van der Waals surface area contributed by atoms with Crippen molar-refractivity contribution in [1.29, 1.82) is 0 Å². The number of fused-ring (bicyclic) bond motifs is 2. The van der Waals surface area contributed by atoms with E-state index >= 15 is 0 Å². The maximum Gasteiger partial charge on any atom is 0.195 e. The normalized spacial score (nSPS) is 20.0. The fourth-order valence-electron chi connectivity index (χ4n) is 4.41. The molecule has 3 aromatic carbocycles. The Balaban J connectivity index is 1.59. The summed E-state index contributed by atoms with van der Waals surface area (Å²) >= 11 is 5.11. The molecule has 2 heterocycles. The Bertz CT molecular complexity index is 1360. The molecule has 2 unspecified atom stereocenters. The quantitative estimate of drug-likeness (QED) is 0.301. The van der Waals surface area contributed by atoms with Gasteiger partial charge in [0.25, 0.3) is 0 Å². The summed E-state index contributed by atoms with van der Waals surface area (Å²) in [5.41, 5.74) is 2.83. The van der Waals surface area contributed by atoms with Gasteiger partial charge in [0, 0.05) is 25.2 Å². The van der Waals surface area contributed by atoms with Gasteiger partial charge in [-0.2, -0.15) is 0 Å². The number of hydrogen-bond donors (Lipinski definition) is 0. The van der Waals surface area contributed by atoms with E-state index in [1.54, 1.807) is 30.2 Å². The molecule has 2 atom stereocenters. The lowest BCUT2D eigenvalue weighted by atomic mass is 9.78. The van der Waals surface area contributed by atoms with Gasteiger partial charge in [-0.25, -0.2) is 0 Å². The second-order valence-corrected chi connectivity index (χ2v) is 10.5. The molecule has 0 amide bonds. The summed E-state index contributed by atoms with van der Waals surface area (Å²) in [4.78, 5) is 27.9. The molecule has 0 N–H and O–H groups in total. The number of halogens is 1. The SMILES string of the molecule is CC1(Cc2coc3ccccc3c2=O)Sc2ccccc2C1C(=O)c1ccc(Br)cc1. The van der Waals surface area contributed by atoms with Crippen LogP contribution in [0.15, 0.2) is 97.6 Å². The van der Waals surface area contributed by atoms with Crippen LogP contribution in [-0.2, 0) is 6.42 Å². The van der Waals surface area contributed by atoms with Crippen molar-refractivity contribution < 1.29 is 9.21 Å². The van der Waals surface area contributed by atoms with Gasteiger partial charge in [-0.3, -0.25) is 9.59 Å². The molecule has 3 nitrogen and oxygen atoms in total. The van der Waals surface area contributed by atoms with E-state index < -0.39 is 4.75 Å². The Morgan fingerprint density at radius 1 is 1.03 bits per heavy atom. The fraction of sp³-hybridized carbons (Fsp3) is 0.154. The predicted molar refractivity (Wildman–Crippen MR) is 128 cm³/mol. The standard InChI is InChI=1S/C26H19BrO3S/c1-26(14-17-15-30-21-8-4-2-6-19(21)24(17)28)23(20-7-3-5-9-22(20)31-26)25(29)16-10-12-18(27)13-11-16/h2-13,15,23H,14H2,1H3. The Morgan fingerprint density at radius 3 is 2.55 bits per heavy atom. The van der Waals surface area contributed by atoms with E-state index in [4.69, 9.17) is 4.42 Å². The lowest BCUT2D eigenvalue weighted by molar-refractivity contribution is 0.0944. The molecule has 1 aliphatic heterocycles. The third kappa shape index (κ3) is 3.56. The highest BCUT2D eigenvalue weighted by atomic mass is 79.9. The monoisotopic (exact) mass is 490 g/mol. The van der Waals surface area contributed by atoms with E-state index in [0.29, 0.717) is 28.5 Å². The van der Waals surface area contributed by atoms with E-state index in [-0.39, 0.29) is 17.1 Å². The van der Waals surface area contributed by atoms with Crippen LogP contribution < -0.4 is 5.43 Å². The number of carbonyl (C=O) groups excluding carboxylic acids is 1. The summed E-state index contributed by atoms with van der Waals surface area (Å²) in [5.74, 6) is -0.293. The van der Waals surface area contributed by atoms with Crippen LogP contribution in [0.2, 0.25) is 0 Å². The van der Waals surface area contributed by atoms with Gasteiger partial charge in [-0.1, -0.05) is 58.4 Å². The number of rotatable bonds is 4. The molecule has 0 saturated heterocycles. The predicted octanol–water partition coefficient (Wildman–Crippen LogP) is 6.63. The van der Waals surface area contributed by atoms with Gasteiger partial charge in [0.05, 0.1) is 17.6 Å². The number of Topliss-reactive ketones (excluding diaryl/α,β-unsaturated/α-hetero) is 1. The van der Waals surface area contributed by atoms with Crippen molar-refractivity contribution in [3.63, 3.8) is 0 Å². The molecule has 5 heteroatoms. The van der Waals surface area contributed by atoms with Gasteiger partial charge in [0.15, 0.2) is 11.2 Å². The van der Waals surface area contributed by atoms with Crippen LogP contribution in [0.3, 0.4) is 0 Å². The maximum atomic E-state index is 13.7. The van der Waals surface area contributed by atoms with E-state index in [2.05, 4.69) is 28.9 Å². The second-order valence-electron chi connectivity index (χ2n) is 8.02. The lowest BCUT2D eigenvalue weighted by Crippen LogP contribution is -2.35. The molecule has 0 radical (unpaired) electrons. The fourth-order valence-corrected chi connectivity index (χ4v) is 6.20. The Hall–Kier alpha value is -2.63. The first-order valence-corrected chi connectivity index (χ1v) is 11.6. The molecule has 4 aromatic rings. The van der Waals surface area contributed by atoms with Gasteiger partial charge < -0.3 is 4.42 Å². The molecule has 0 spiro atoms. The van der Waals surface area contributed by atoms with Crippen LogP contribution in [0.5, 0.6) is 0 Å². The Labute approximate surface area is 192 Å². The average molecular weight is 491 g/mol. The van der Waals surface area contributed by atoms with Gasteiger partial charge in [0.1, 0.15) is 5.58 Å². The number of carbonyl (C=O) groups is 1. The van der Waals surface area contributed by atoms with E-state index in [1.165, 1.54) is 0 Å². The summed E-state index contributed by atoms with van der Waals surface area (Å²) in [6.45, 7) is 2.08. The molecular formula is C26H19BrO3S. The number of hydrogen-bond acceptors (Lipinski definition) is 4. The van der Waals surface area contributed by atoms with Crippen molar-refractivity contribution in [3.05, 3.63) is 110 Å². The highest BCUT2D eigenvalue weighted by Crippen LogP contribution is 2.55. The number of benzene rings is 3. The van der Waals surface area contributed by atoms with Crippen LogP contribution in [0.1, 0.15) is 34.3 Å². The Kier molecular flexibility index (Phi) is 5.11.